The number of carbonyl (C=O) groups is 7. The van der Waals surface area contributed by atoms with Crippen molar-refractivity contribution in [1.29, 1.82) is 0 Å². The Balaban J connectivity index is 2.56. The molecule has 14 N–H and O–H groups in total. The molecule has 18 nitrogen and oxygen atoms in total. The Morgan fingerprint density at radius 2 is 1.13 bits per heavy atom. The van der Waals surface area contributed by atoms with Crippen molar-refractivity contribution < 1.29 is 38.7 Å². The average molecular weight is 761 g/mol. The molecule has 0 aromatic heterocycles. The van der Waals surface area contributed by atoms with Gasteiger partial charge in [0, 0.05) is 19.4 Å². The van der Waals surface area contributed by atoms with Crippen molar-refractivity contribution in [2.75, 3.05) is 26.2 Å². The summed E-state index contributed by atoms with van der Waals surface area (Å²) in [5.74, 6) is -4.89. The first kappa shape index (κ1) is 45.5. The standard InChI is InChI=1S/C36H60N10O8/c1-21(2)19-27-34(52)42-24(11-7-15-37)31(49)43-26(14-17-39)33(51)46-30(22(3)47)36(54)40-18-8-12-29(48)41-25(13-16-38)32(50)45-28(35(53)44-27)20-23-9-5-4-6-10-23/h4-6,9-10,21-22,24-28,30,47H,7-8,11-20,37-39H2,1-3H3,(H,40,54)(H,41,48)(H,42,52)(H,43,49)(H,44,53)(H,45,50)(H,46,51)/t22-,24+,25+,26+,27+,28-,30?/m1/s1. The maximum absolute atomic E-state index is 14.0. The molecule has 54 heavy (non-hydrogen) atoms. The van der Waals surface area contributed by atoms with Crippen molar-refractivity contribution in [3.8, 4) is 0 Å². The second-order valence-corrected chi connectivity index (χ2v) is 13.9. The fraction of sp³-hybridized carbons (Fsp3) is 0.639. The minimum absolute atomic E-state index is 0.0125. The van der Waals surface area contributed by atoms with E-state index in [1.54, 1.807) is 30.3 Å². The van der Waals surface area contributed by atoms with E-state index >= 15 is 0 Å². The zero-order valence-electron chi connectivity index (χ0n) is 31.5. The van der Waals surface area contributed by atoms with Crippen LogP contribution in [-0.2, 0) is 40.0 Å². The molecular weight excluding hydrogens is 700 g/mol. The van der Waals surface area contributed by atoms with Crippen LogP contribution in [0.4, 0.5) is 0 Å². The highest BCUT2D eigenvalue weighted by Gasteiger charge is 2.34. The summed E-state index contributed by atoms with van der Waals surface area (Å²) in [6.45, 7) is 5.19. The Morgan fingerprint density at radius 1 is 0.630 bits per heavy atom. The van der Waals surface area contributed by atoms with E-state index in [4.69, 9.17) is 17.2 Å². The molecule has 1 aliphatic heterocycles. The molecule has 0 bridgehead atoms. The number of benzene rings is 1. The van der Waals surface area contributed by atoms with Gasteiger partial charge in [0.2, 0.25) is 41.4 Å². The molecular formula is C36H60N10O8. The molecule has 1 heterocycles. The average Bonchev–Trinajstić information content (AvgIpc) is 3.12. The van der Waals surface area contributed by atoms with Crippen LogP contribution in [0.5, 0.6) is 0 Å². The highest BCUT2D eigenvalue weighted by atomic mass is 16.3. The summed E-state index contributed by atoms with van der Waals surface area (Å²) in [4.78, 5) is 94.4. The minimum atomic E-state index is -1.42. The zero-order chi connectivity index (χ0) is 40.2. The van der Waals surface area contributed by atoms with Gasteiger partial charge in [0.25, 0.3) is 0 Å². The minimum Gasteiger partial charge on any atom is -0.391 e. The maximum Gasteiger partial charge on any atom is 0.245 e. The number of nitrogens with one attached hydrogen (secondary N) is 7. The van der Waals surface area contributed by atoms with Crippen molar-refractivity contribution >= 4 is 41.4 Å². The Labute approximate surface area is 316 Å². The van der Waals surface area contributed by atoms with Gasteiger partial charge in [0.15, 0.2) is 0 Å². The highest BCUT2D eigenvalue weighted by Crippen LogP contribution is 2.11. The second kappa shape index (κ2) is 23.9. The lowest BCUT2D eigenvalue weighted by Gasteiger charge is -2.28. The molecule has 18 heteroatoms. The molecule has 302 valence electrons. The van der Waals surface area contributed by atoms with Crippen LogP contribution in [0.25, 0.3) is 0 Å². The first-order chi connectivity index (χ1) is 25.7. The van der Waals surface area contributed by atoms with Crippen LogP contribution < -0.4 is 54.4 Å². The van der Waals surface area contributed by atoms with Gasteiger partial charge in [-0.2, -0.15) is 0 Å². The van der Waals surface area contributed by atoms with Crippen molar-refractivity contribution in [3.63, 3.8) is 0 Å². The van der Waals surface area contributed by atoms with Crippen molar-refractivity contribution in [2.24, 2.45) is 23.1 Å². The van der Waals surface area contributed by atoms with Gasteiger partial charge in [-0.25, -0.2) is 0 Å². The molecule has 0 saturated carbocycles. The van der Waals surface area contributed by atoms with Gasteiger partial charge < -0.3 is 59.5 Å². The van der Waals surface area contributed by atoms with Gasteiger partial charge in [-0.1, -0.05) is 44.2 Å². The summed E-state index contributed by atoms with van der Waals surface area (Å²) in [5.41, 5.74) is 18.0. The molecule has 0 aliphatic carbocycles. The van der Waals surface area contributed by atoms with Crippen LogP contribution in [0.15, 0.2) is 30.3 Å². The van der Waals surface area contributed by atoms with Gasteiger partial charge in [0.05, 0.1) is 6.10 Å². The van der Waals surface area contributed by atoms with E-state index in [0.29, 0.717) is 12.0 Å². The molecule has 1 aliphatic rings. The molecule has 1 fully saturated rings. The molecule has 1 aromatic rings. The lowest BCUT2D eigenvalue weighted by Crippen LogP contribution is -2.61. The summed E-state index contributed by atoms with van der Waals surface area (Å²) in [6, 6.07) is 1.66. The predicted molar refractivity (Wildman–Crippen MR) is 201 cm³/mol. The van der Waals surface area contributed by atoms with E-state index in [0.717, 1.165) is 0 Å². The fourth-order valence-corrected chi connectivity index (χ4v) is 5.81. The number of rotatable bonds is 12. The van der Waals surface area contributed by atoms with E-state index in [9.17, 15) is 38.7 Å². The van der Waals surface area contributed by atoms with Crippen LogP contribution in [0.3, 0.4) is 0 Å². The first-order valence-electron chi connectivity index (χ1n) is 18.6. The molecule has 1 saturated heterocycles. The van der Waals surface area contributed by atoms with Gasteiger partial charge in [-0.05, 0) is 76.6 Å². The van der Waals surface area contributed by atoms with Crippen molar-refractivity contribution in [1.82, 2.24) is 37.2 Å². The smallest absolute Gasteiger partial charge is 0.245 e. The van der Waals surface area contributed by atoms with Crippen LogP contribution in [0, 0.1) is 5.92 Å². The van der Waals surface area contributed by atoms with Crippen molar-refractivity contribution in [2.45, 2.75) is 114 Å². The number of aliphatic hydroxyl groups excluding tert-OH is 1. The SMILES string of the molecule is CC(C)C[C@@H]1NC(=O)[C@@H](Cc2ccccc2)NC(=O)[C@H](CCN)NC(=O)CCCNC(=O)C([C@@H](C)O)NC(=O)[C@H](CCN)NC(=O)[C@H](CCCN)NC1=O. The first-order valence-corrected chi connectivity index (χ1v) is 18.6. The third-order valence-electron chi connectivity index (χ3n) is 8.72. The summed E-state index contributed by atoms with van der Waals surface area (Å²) in [6.07, 6.45) is -0.649. The predicted octanol–water partition coefficient (Wildman–Crippen LogP) is -3.09. The molecule has 7 atom stereocenters. The lowest BCUT2D eigenvalue weighted by molar-refractivity contribution is -0.136. The van der Waals surface area contributed by atoms with Gasteiger partial charge in [-0.15, -0.1) is 0 Å². The number of aliphatic hydroxyl groups is 1. The van der Waals surface area contributed by atoms with Crippen LogP contribution in [0.2, 0.25) is 0 Å². The normalized spacial score (nSPS) is 25.3. The summed E-state index contributed by atoms with van der Waals surface area (Å²) in [5, 5.41) is 28.8. The van der Waals surface area contributed by atoms with Crippen molar-refractivity contribution in [3.05, 3.63) is 35.9 Å². The molecule has 0 radical (unpaired) electrons. The van der Waals surface area contributed by atoms with Crippen LogP contribution >= 0.6 is 0 Å². The monoisotopic (exact) mass is 760 g/mol. The van der Waals surface area contributed by atoms with Crippen LogP contribution in [0.1, 0.15) is 71.3 Å². The van der Waals surface area contributed by atoms with E-state index < -0.39 is 83.7 Å². The molecule has 2 rings (SSSR count). The summed E-state index contributed by atoms with van der Waals surface area (Å²) < 4.78 is 0. The Morgan fingerprint density at radius 3 is 1.69 bits per heavy atom. The number of nitrogens with two attached hydrogens (primary N) is 3. The van der Waals surface area contributed by atoms with Crippen LogP contribution in [-0.4, -0.2) is 115 Å². The van der Waals surface area contributed by atoms with E-state index in [2.05, 4.69) is 37.2 Å². The summed E-state index contributed by atoms with van der Waals surface area (Å²) in [7, 11) is 0. The zero-order valence-corrected chi connectivity index (χ0v) is 31.5. The largest absolute Gasteiger partial charge is 0.391 e. The lowest BCUT2D eigenvalue weighted by atomic mass is 10.00. The van der Waals surface area contributed by atoms with E-state index in [-0.39, 0.29) is 77.0 Å². The molecule has 0 spiro atoms. The molecule has 7 amide bonds. The number of amides is 7. The second-order valence-electron chi connectivity index (χ2n) is 13.9. The Kier molecular flexibility index (Phi) is 20.1. The number of carbonyl (C=O) groups excluding carboxylic acids is 7. The topological polar surface area (TPSA) is 302 Å². The third kappa shape index (κ3) is 15.8. The number of hydrogen-bond acceptors (Lipinski definition) is 11. The quantitative estimate of drug-likeness (QED) is 0.101. The summed E-state index contributed by atoms with van der Waals surface area (Å²) >= 11 is 0. The van der Waals surface area contributed by atoms with Gasteiger partial charge in [0.1, 0.15) is 36.3 Å². The van der Waals surface area contributed by atoms with Gasteiger partial charge in [-0.3, -0.25) is 33.6 Å². The molecule has 1 aromatic carbocycles. The number of hydrogen-bond donors (Lipinski definition) is 11. The third-order valence-corrected chi connectivity index (χ3v) is 8.72. The van der Waals surface area contributed by atoms with E-state index in [1.807, 2.05) is 13.8 Å². The van der Waals surface area contributed by atoms with Gasteiger partial charge >= 0.3 is 0 Å². The fourth-order valence-electron chi connectivity index (χ4n) is 5.81. The Bertz CT molecular complexity index is 1400. The highest BCUT2D eigenvalue weighted by molar-refractivity contribution is 5.97. The maximum atomic E-state index is 14.0. The Hall–Kier alpha value is -4.65. The van der Waals surface area contributed by atoms with E-state index in [1.165, 1.54) is 6.92 Å². The molecule has 1 unspecified atom stereocenters.